The van der Waals surface area contributed by atoms with Crippen molar-refractivity contribution >= 4 is 17.5 Å². The molecule has 1 unspecified atom stereocenters. The van der Waals surface area contributed by atoms with E-state index in [1.165, 1.54) is 24.5 Å². The Morgan fingerprint density at radius 2 is 2.00 bits per heavy atom. The maximum atomic E-state index is 12.8. The fourth-order valence-electron chi connectivity index (χ4n) is 2.29. The van der Waals surface area contributed by atoms with Gasteiger partial charge in [-0.05, 0) is 37.1 Å². The van der Waals surface area contributed by atoms with Crippen LogP contribution in [-0.4, -0.2) is 35.1 Å². The van der Waals surface area contributed by atoms with Crippen LogP contribution in [0.25, 0.3) is 0 Å². The van der Waals surface area contributed by atoms with Crippen molar-refractivity contribution in [2.75, 3.05) is 18.5 Å². The highest BCUT2D eigenvalue weighted by Gasteiger charge is 2.16. The lowest BCUT2D eigenvalue weighted by atomic mass is 10.2. The van der Waals surface area contributed by atoms with Crippen molar-refractivity contribution in [3.05, 3.63) is 48.0 Å². The smallest absolute Gasteiger partial charge is 0.254 e. The first-order chi connectivity index (χ1) is 11.2. The molecule has 0 bridgehead atoms. The van der Waals surface area contributed by atoms with Crippen molar-refractivity contribution in [2.24, 2.45) is 0 Å². The number of nitrogens with one attached hydrogen (secondary N) is 2. The van der Waals surface area contributed by atoms with Gasteiger partial charge in [0.05, 0.1) is 11.7 Å². The van der Waals surface area contributed by atoms with E-state index in [1.54, 1.807) is 12.1 Å². The fraction of sp³-hybridized carbons (Fsp3) is 0.312. The predicted molar refractivity (Wildman–Crippen MR) is 83.0 cm³/mol. The van der Waals surface area contributed by atoms with E-state index in [2.05, 4.69) is 20.6 Å². The Kier molecular flexibility index (Phi) is 4.77. The minimum Gasteiger partial charge on any atom is -0.376 e. The highest BCUT2D eigenvalue weighted by atomic mass is 19.1. The van der Waals surface area contributed by atoms with Crippen molar-refractivity contribution in [3.63, 3.8) is 0 Å². The van der Waals surface area contributed by atoms with E-state index in [-0.39, 0.29) is 17.8 Å². The second-order valence-corrected chi connectivity index (χ2v) is 5.27. The molecule has 0 spiro atoms. The molecular weight excluding hydrogens is 299 g/mol. The summed E-state index contributed by atoms with van der Waals surface area (Å²) >= 11 is 0. The Morgan fingerprint density at radius 1 is 1.26 bits per heavy atom. The van der Waals surface area contributed by atoms with Gasteiger partial charge in [0.15, 0.2) is 0 Å². The third kappa shape index (κ3) is 4.23. The zero-order valence-electron chi connectivity index (χ0n) is 12.5. The molecule has 2 aromatic rings. The summed E-state index contributed by atoms with van der Waals surface area (Å²) in [5.74, 6) is -0.198. The average molecular weight is 316 g/mol. The quantitative estimate of drug-likeness (QED) is 0.885. The van der Waals surface area contributed by atoms with Crippen LogP contribution in [0.4, 0.5) is 16.0 Å². The van der Waals surface area contributed by atoms with Gasteiger partial charge in [0.2, 0.25) is 5.95 Å². The van der Waals surface area contributed by atoms with Crippen LogP contribution in [-0.2, 0) is 4.74 Å². The molecule has 2 heterocycles. The Hall–Kier alpha value is -2.54. The third-order valence-electron chi connectivity index (χ3n) is 3.53. The fourth-order valence-corrected chi connectivity index (χ4v) is 2.29. The number of benzene rings is 1. The van der Waals surface area contributed by atoms with E-state index >= 15 is 0 Å². The number of hydrogen-bond donors (Lipinski definition) is 2. The molecule has 1 aromatic carbocycles. The number of anilines is 2. The lowest BCUT2D eigenvalue weighted by Crippen LogP contribution is -2.31. The second kappa shape index (κ2) is 7.15. The van der Waals surface area contributed by atoms with Gasteiger partial charge in [0.25, 0.3) is 5.91 Å². The summed E-state index contributed by atoms with van der Waals surface area (Å²) in [5, 5.41) is 5.74. The van der Waals surface area contributed by atoms with Crippen LogP contribution in [0.2, 0.25) is 0 Å². The van der Waals surface area contributed by atoms with Crippen molar-refractivity contribution < 1.29 is 13.9 Å². The molecule has 1 fully saturated rings. The number of carbonyl (C=O) groups is 1. The topological polar surface area (TPSA) is 76.1 Å². The molecule has 1 atom stereocenters. The standard InChI is InChI=1S/C16H17FN4O2/c17-12-3-5-13(6-4-12)21-16-19-8-11(9-20-16)15(22)18-10-14-2-1-7-23-14/h3-6,8-9,14H,1-2,7,10H2,(H,18,22)(H,19,20,21). The molecule has 1 amide bonds. The molecular formula is C16H17FN4O2. The van der Waals surface area contributed by atoms with Gasteiger partial charge in [-0.3, -0.25) is 4.79 Å². The van der Waals surface area contributed by atoms with Crippen molar-refractivity contribution in [1.82, 2.24) is 15.3 Å². The van der Waals surface area contributed by atoms with Gasteiger partial charge in [-0.2, -0.15) is 0 Å². The SMILES string of the molecule is O=C(NCC1CCCO1)c1cnc(Nc2ccc(F)cc2)nc1. The Balaban J connectivity index is 1.55. The van der Waals surface area contributed by atoms with Crippen LogP contribution in [0, 0.1) is 5.82 Å². The van der Waals surface area contributed by atoms with Gasteiger partial charge in [-0.1, -0.05) is 0 Å². The van der Waals surface area contributed by atoms with E-state index in [4.69, 9.17) is 4.74 Å². The zero-order valence-corrected chi connectivity index (χ0v) is 12.5. The van der Waals surface area contributed by atoms with Crippen molar-refractivity contribution in [2.45, 2.75) is 18.9 Å². The van der Waals surface area contributed by atoms with E-state index < -0.39 is 0 Å². The number of halogens is 1. The molecule has 6 nitrogen and oxygen atoms in total. The summed E-state index contributed by atoms with van der Waals surface area (Å²) in [6.07, 6.45) is 5.00. The summed E-state index contributed by atoms with van der Waals surface area (Å²) in [6, 6.07) is 5.85. The predicted octanol–water partition coefficient (Wildman–Crippen LogP) is 2.27. The Labute approximate surface area is 133 Å². The van der Waals surface area contributed by atoms with Crippen LogP contribution >= 0.6 is 0 Å². The molecule has 1 aliphatic heterocycles. The lowest BCUT2D eigenvalue weighted by Gasteiger charge is -2.10. The maximum absolute atomic E-state index is 12.8. The molecule has 1 saturated heterocycles. The molecule has 0 aliphatic carbocycles. The van der Waals surface area contributed by atoms with Gasteiger partial charge >= 0.3 is 0 Å². The highest BCUT2D eigenvalue weighted by Crippen LogP contribution is 2.13. The van der Waals surface area contributed by atoms with E-state index in [1.807, 2.05) is 0 Å². The number of hydrogen-bond acceptors (Lipinski definition) is 5. The summed E-state index contributed by atoms with van der Waals surface area (Å²) < 4.78 is 18.3. The van der Waals surface area contributed by atoms with E-state index in [0.717, 1.165) is 19.4 Å². The third-order valence-corrected chi connectivity index (χ3v) is 3.53. The van der Waals surface area contributed by atoms with Crippen molar-refractivity contribution in [3.8, 4) is 0 Å². The number of carbonyl (C=O) groups excluding carboxylic acids is 1. The van der Waals surface area contributed by atoms with E-state index in [0.29, 0.717) is 23.7 Å². The van der Waals surface area contributed by atoms with Gasteiger partial charge in [0, 0.05) is 31.2 Å². The largest absolute Gasteiger partial charge is 0.376 e. The molecule has 23 heavy (non-hydrogen) atoms. The Morgan fingerprint density at radius 3 is 2.65 bits per heavy atom. The van der Waals surface area contributed by atoms with Crippen LogP contribution < -0.4 is 10.6 Å². The molecule has 120 valence electrons. The van der Waals surface area contributed by atoms with Crippen LogP contribution in [0.1, 0.15) is 23.2 Å². The molecule has 2 N–H and O–H groups in total. The minimum absolute atomic E-state index is 0.0966. The number of amides is 1. The van der Waals surface area contributed by atoms with Crippen LogP contribution in [0.5, 0.6) is 0 Å². The summed E-state index contributed by atoms with van der Waals surface area (Å²) in [6.45, 7) is 1.25. The van der Waals surface area contributed by atoms with Crippen molar-refractivity contribution in [1.29, 1.82) is 0 Å². The molecule has 1 aromatic heterocycles. The first kappa shape index (κ1) is 15.4. The minimum atomic E-state index is -0.310. The molecule has 0 saturated carbocycles. The normalized spacial score (nSPS) is 17.0. The maximum Gasteiger partial charge on any atom is 0.254 e. The lowest BCUT2D eigenvalue weighted by molar-refractivity contribution is 0.0857. The Bertz CT molecular complexity index is 655. The number of aromatic nitrogens is 2. The highest BCUT2D eigenvalue weighted by molar-refractivity contribution is 5.93. The van der Waals surface area contributed by atoms with Gasteiger partial charge < -0.3 is 15.4 Å². The van der Waals surface area contributed by atoms with Crippen LogP contribution in [0.3, 0.4) is 0 Å². The van der Waals surface area contributed by atoms with Gasteiger partial charge in [-0.15, -0.1) is 0 Å². The summed E-state index contributed by atoms with van der Waals surface area (Å²) in [7, 11) is 0. The average Bonchev–Trinajstić information content (AvgIpc) is 3.09. The number of ether oxygens (including phenoxy) is 1. The first-order valence-corrected chi connectivity index (χ1v) is 7.45. The van der Waals surface area contributed by atoms with E-state index in [9.17, 15) is 9.18 Å². The summed E-state index contributed by atoms with van der Waals surface area (Å²) in [5.41, 5.74) is 1.05. The summed E-state index contributed by atoms with van der Waals surface area (Å²) in [4.78, 5) is 20.2. The molecule has 1 aliphatic rings. The molecule has 0 radical (unpaired) electrons. The first-order valence-electron chi connectivity index (χ1n) is 7.45. The van der Waals surface area contributed by atoms with Crippen LogP contribution in [0.15, 0.2) is 36.7 Å². The number of nitrogens with zero attached hydrogens (tertiary/aromatic N) is 2. The van der Waals surface area contributed by atoms with Gasteiger partial charge in [-0.25, -0.2) is 14.4 Å². The monoisotopic (exact) mass is 316 g/mol. The number of rotatable bonds is 5. The van der Waals surface area contributed by atoms with Gasteiger partial charge in [0.1, 0.15) is 5.82 Å². The molecule has 7 heteroatoms. The zero-order chi connectivity index (χ0) is 16.1. The second-order valence-electron chi connectivity index (χ2n) is 5.27. The molecule has 3 rings (SSSR count).